The Kier molecular flexibility index (Phi) is 5.58. The molecule has 1 rings (SSSR count). The van der Waals surface area contributed by atoms with Crippen LogP contribution < -0.4 is 5.32 Å². The average molecular weight is 297 g/mol. The number of aliphatic carboxylic acids is 1. The predicted octanol–water partition coefficient (Wildman–Crippen LogP) is 2.68. The van der Waals surface area contributed by atoms with Crippen molar-refractivity contribution >= 4 is 23.6 Å². The number of carboxylic acid groups (broad SMARTS) is 1. The van der Waals surface area contributed by atoms with Crippen molar-refractivity contribution in [3.63, 3.8) is 0 Å². The van der Waals surface area contributed by atoms with Crippen LogP contribution in [0.1, 0.15) is 18.5 Å². The van der Waals surface area contributed by atoms with Gasteiger partial charge in [0.2, 0.25) is 0 Å². The van der Waals surface area contributed by atoms with Gasteiger partial charge in [-0.1, -0.05) is 42.0 Å². The van der Waals surface area contributed by atoms with Crippen molar-refractivity contribution in [3.8, 4) is 0 Å². The Morgan fingerprint density at radius 3 is 2.55 bits per heavy atom. The van der Waals surface area contributed by atoms with Crippen molar-refractivity contribution in [1.82, 2.24) is 10.2 Å². The summed E-state index contributed by atoms with van der Waals surface area (Å²) >= 11 is 5.97. The zero-order chi connectivity index (χ0) is 15.3. The minimum atomic E-state index is -1.19. The first kappa shape index (κ1) is 16.0. The van der Waals surface area contributed by atoms with Gasteiger partial charge in [-0.3, -0.25) is 0 Å². The molecule has 0 fully saturated rings. The van der Waals surface area contributed by atoms with E-state index in [0.29, 0.717) is 17.1 Å². The minimum Gasteiger partial charge on any atom is -0.479 e. The number of carboxylic acids is 1. The molecule has 0 saturated heterocycles. The topological polar surface area (TPSA) is 69.6 Å². The molecule has 2 N–H and O–H groups in total. The number of benzene rings is 1. The maximum atomic E-state index is 11.9. The maximum absolute atomic E-state index is 11.9. The summed E-state index contributed by atoms with van der Waals surface area (Å²) in [5.74, 6) is -1.17. The molecule has 0 aromatic heterocycles. The fraction of sp³-hybridized carbons (Fsp3) is 0.286. The molecule has 0 unspecified atom stereocenters. The summed E-state index contributed by atoms with van der Waals surface area (Å²) < 4.78 is 0. The molecule has 2 amide bonds. The second-order valence-electron chi connectivity index (χ2n) is 4.56. The number of hydrogen-bond acceptors (Lipinski definition) is 2. The zero-order valence-electron chi connectivity index (χ0n) is 11.4. The average Bonchev–Trinajstić information content (AvgIpc) is 2.35. The van der Waals surface area contributed by atoms with E-state index in [9.17, 15) is 14.7 Å². The highest BCUT2D eigenvalue weighted by atomic mass is 35.5. The van der Waals surface area contributed by atoms with Crippen molar-refractivity contribution in [2.45, 2.75) is 13.0 Å². The van der Waals surface area contributed by atoms with Gasteiger partial charge < -0.3 is 15.3 Å². The molecule has 108 valence electrons. The van der Waals surface area contributed by atoms with Crippen LogP contribution in [0.15, 0.2) is 36.4 Å². The number of amides is 2. The first-order valence-electron chi connectivity index (χ1n) is 5.96. The third-order valence-corrected chi connectivity index (χ3v) is 2.93. The van der Waals surface area contributed by atoms with Gasteiger partial charge in [-0.05, 0) is 13.0 Å². The summed E-state index contributed by atoms with van der Waals surface area (Å²) in [7, 11) is 1.57. The van der Waals surface area contributed by atoms with Crippen LogP contribution in [0.25, 0.3) is 0 Å². The fourth-order valence-electron chi connectivity index (χ4n) is 1.69. The number of nitrogens with zero attached hydrogens (tertiary/aromatic N) is 1. The van der Waals surface area contributed by atoms with Gasteiger partial charge in [-0.2, -0.15) is 0 Å². The summed E-state index contributed by atoms with van der Waals surface area (Å²) in [6.07, 6.45) is 0. The quantitative estimate of drug-likeness (QED) is 0.821. The van der Waals surface area contributed by atoms with E-state index in [2.05, 4.69) is 11.9 Å². The Balaban J connectivity index is 2.89. The number of nitrogens with one attached hydrogen (secondary N) is 1. The summed E-state index contributed by atoms with van der Waals surface area (Å²) in [6, 6.07) is 4.82. The monoisotopic (exact) mass is 296 g/mol. The number of likely N-dealkylation sites (N-methyl/N-ethyl adjacent to an activating group) is 1. The van der Waals surface area contributed by atoms with Crippen LogP contribution in [0.4, 0.5) is 4.79 Å². The van der Waals surface area contributed by atoms with Crippen molar-refractivity contribution in [3.05, 3.63) is 47.0 Å². The number of halogens is 1. The van der Waals surface area contributed by atoms with Crippen LogP contribution in [-0.4, -0.2) is 35.6 Å². The van der Waals surface area contributed by atoms with E-state index >= 15 is 0 Å². The van der Waals surface area contributed by atoms with Crippen LogP contribution in [0.3, 0.4) is 0 Å². The van der Waals surface area contributed by atoms with E-state index in [-0.39, 0.29) is 0 Å². The van der Waals surface area contributed by atoms with E-state index in [1.807, 2.05) is 0 Å². The van der Waals surface area contributed by atoms with Gasteiger partial charge in [0.1, 0.15) is 0 Å². The Labute approximate surface area is 122 Å². The van der Waals surface area contributed by atoms with Gasteiger partial charge in [0.25, 0.3) is 0 Å². The van der Waals surface area contributed by atoms with Gasteiger partial charge in [-0.25, -0.2) is 9.59 Å². The normalized spacial score (nSPS) is 11.6. The molecule has 0 saturated carbocycles. The standard InChI is InChI=1S/C14H17ClN2O3/c1-9(2)8-17(3)14(20)16-12(13(18)19)10-6-4-5-7-11(10)15/h4-7,12H,1,8H2,2-3H3,(H,16,20)(H,18,19)/t12-/m1/s1. The third kappa shape index (κ3) is 4.28. The van der Waals surface area contributed by atoms with Crippen molar-refractivity contribution in [2.24, 2.45) is 0 Å². The van der Waals surface area contributed by atoms with Crippen molar-refractivity contribution < 1.29 is 14.7 Å². The summed E-state index contributed by atoms with van der Waals surface area (Å²) in [6.45, 7) is 5.84. The van der Waals surface area contributed by atoms with E-state index in [1.54, 1.807) is 38.2 Å². The molecule has 0 spiro atoms. The van der Waals surface area contributed by atoms with E-state index < -0.39 is 18.0 Å². The van der Waals surface area contributed by atoms with Crippen molar-refractivity contribution in [2.75, 3.05) is 13.6 Å². The lowest BCUT2D eigenvalue weighted by Crippen LogP contribution is -2.42. The highest BCUT2D eigenvalue weighted by Crippen LogP contribution is 2.23. The minimum absolute atomic E-state index is 0.294. The Hall–Kier alpha value is -2.01. The molecule has 0 heterocycles. The van der Waals surface area contributed by atoms with Crippen LogP contribution in [-0.2, 0) is 4.79 Å². The predicted molar refractivity (Wildman–Crippen MR) is 77.8 cm³/mol. The lowest BCUT2D eigenvalue weighted by atomic mass is 10.1. The van der Waals surface area contributed by atoms with Crippen LogP contribution >= 0.6 is 11.6 Å². The van der Waals surface area contributed by atoms with E-state index in [4.69, 9.17) is 11.6 Å². The second-order valence-corrected chi connectivity index (χ2v) is 4.96. The largest absolute Gasteiger partial charge is 0.479 e. The summed E-state index contributed by atoms with van der Waals surface area (Å²) in [4.78, 5) is 24.6. The number of carbonyl (C=O) groups is 2. The van der Waals surface area contributed by atoms with Gasteiger partial charge in [0.05, 0.1) is 0 Å². The maximum Gasteiger partial charge on any atom is 0.331 e. The third-order valence-electron chi connectivity index (χ3n) is 2.58. The molecule has 6 heteroatoms. The van der Waals surface area contributed by atoms with Gasteiger partial charge >= 0.3 is 12.0 Å². The SMILES string of the molecule is C=C(C)CN(C)C(=O)N[C@@H](C(=O)O)c1ccccc1Cl. The summed E-state index contributed by atoms with van der Waals surface area (Å²) in [5.41, 5.74) is 1.14. The Morgan fingerprint density at radius 1 is 1.45 bits per heavy atom. The van der Waals surface area contributed by atoms with Gasteiger partial charge in [0, 0.05) is 24.2 Å². The zero-order valence-corrected chi connectivity index (χ0v) is 12.1. The fourth-order valence-corrected chi connectivity index (χ4v) is 1.94. The smallest absolute Gasteiger partial charge is 0.331 e. The first-order valence-corrected chi connectivity index (χ1v) is 6.34. The molecular weight excluding hydrogens is 280 g/mol. The van der Waals surface area contributed by atoms with Crippen molar-refractivity contribution in [1.29, 1.82) is 0 Å². The molecule has 0 aliphatic rings. The van der Waals surface area contributed by atoms with Crippen LogP contribution in [0.5, 0.6) is 0 Å². The second kappa shape index (κ2) is 6.96. The summed E-state index contributed by atoms with van der Waals surface area (Å²) in [5, 5.41) is 12.0. The molecule has 5 nitrogen and oxygen atoms in total. The lowest BCUT2D eigenvalue weighted by molar-refractivity contribution is -0.139. The number of carbonyl (C=O) groups excluding carboxylic acids is 1. The van der Waals surface area contributed by atoms with Gasteiger partial charge in [0.15, 0.2) is 6.04 Å². The number of urea groups is 1. The first-order chi connectivity index (χ1) is 9.32. The molecule has 0 radical (unpaired) electrons. The Bertz CT molecular complexity index is 531. The molecule has 0 aliphatic carbocycles. The molecule has 1 aromatic rings. The van der Waals surface area contributed by atoms with E-state index in [1.165, 1.54) is 4.90 Å². The molecule has 1 atom stereocenters. The van der Waals surface area contributed by atoms with Crippen LogP contribution in [0, 0.1) is 0 Å². The number of hydrogen-bond donors (Lipinski definition) is 2. The molecule has 20 heavy (non-hydrogen) atoms. The molecule has 0 aliphatic heterocycles. The molecule has 1 aromatic carbocycles. The van der Waals surface area contributed by atoms with Gasteiger partial charge in [-0.15, -0.1) is 0 Å². The molecular formula is C14H17ClN2O3. The highest BCUT2D eigenvalue weighted by Gasteiger charge is 2.25. The lowest BCUT2D eigenvalue weighted by Gasteiger charge is -2.22. The number of rotatable bonds is 5. The Morgan fingerprint density at radius 2 is 2.05 bits per heavy atom. The highest BCUT2D eigenvalue weighted by molar-refractivity contribution is 6.31. The molecule has 0 bridgehead atoms. The van der Waals surface area contributed by atoms with E-state index in [0.717, 1.165) is 5.57 Å². The van der Waals surface area contributed by atoms with Crippen LogP contribution in [0.2, 0.25) is 5.02 Å².